The van der Waals surface area contributed by atoms with Gasteiger partial charge in [0, 0.05) is 29.8 Å². The summed E-state index contributed by atoms with van der Waals surface area (Å²) in [6.45, 7) is 2.02. The molecule has 2 aromatic heterocycles. The van der Waals surface area contributed by atoms with E-state index in [2.05, 4.69) is 35.8 Å². The van der Waals surface area contributed by atoms with Crippen molar-refractivity contribution in [1.82, 2.24) is 25.5 Å². The van der Waals surface area contributed by atoms with Crippen LogP contribution in [-0.4, -0.2) is 38.3 Å². The molecule has 0 saturated heterocycles. The van der Waals surface area contributed by atoms with Crippen molar-refractivity contribution in [3.05, 3.63) is 53.7 Å². The number of nitrogens with zero attached hydrogens (tertiary/aromatic N) is 3. The molecule has 1 aromatic carbocycles. The minimum atomic E-state index is -1.02. The number of anilines is 1. The van der Waals surface area contributed by atoms with Gasteiger partial charge >= 0.3 is 0 Å². The molecule has 0 bridgehead atoms. The molecule has 3 aromatic rings. The highest BCUT2D eigenvalue weighted by Crippen LogP contribution is 2.43. The smallest absolute Gasteiger partial charge is 0.189 e. The first-order valence-electron chi connectivity index (χ1n) is 9.24. The van der Waals surface area contributed by atoms with Gasteiger partial charge in [0.2, 0.25) is 0 Å². The van der Waals surface area contributed by atoms with E-state index in [1.807, 2.05) is 31.2 Å². The summed E-state index contributed by atoms with van der Waals surface area (Å²) in [5.41, 5.74) is 10.3. The lowest BCUT2D eigenvalue weighted by Gasteiger charge is -2.36. The number of imidazole rings is 1. The van der Waals surface area contributed by atoms with Crippen LogP contribution >= 0.6 is 0 Å². The van der Waals surface area contributed by atoms with Gasteiger partial charge in [0.1, 0.15) is 12.0 Å². The Morgan fingerprint density at radius 3 is 3.04 bits per heavy atom. The van der Waals surface area contributed by atoms with Gasteiger partial charge in [-0.1, -0.05) is 13.0 Å². The van der Waals surface area contributed by atoms with Gasteiger partial charge in [0.15, 0.2) is 11.6 Å². The lowest BCUT2D eigenvalue weighted by molar-refractivity contribution is 0.324. The van der Waals surface area contributed by atoms with Crippen LogP contribution in [0.1, 0.15) is 36.4 Å². The van der Waals surface area contributed by atoms with E-state index in [1.54, 1.807) is 18.6 Å². The fraction of sp³-hybridized carbons (Fsp3) is 0.316. The number of hydrogen-bond acceptors (Lipinski definition) is 6. The van der Waals surface area contributed by atoms with E-state index < -0.39 is 12.0 Å². The number of aromatic amines is 2. The highest BCUT2D eigenvalue weighted by molar-refractivity contribution is 5.76. The third-order valence-corrected chi connectivity index (χ3v) is 5.44. The second-order valence-corrected chi connectivity index (χ2v) is 7.40. The van der Waals surface area contributed by atoms with E-state index in [9.17, 15) is 4.39 Å². The largest absolute Gasteiger partial charge is 0.345 e. The maximum Gasteiger partial charge on any atom is 0.189 e. The zero-order valence-electron chi connectivity index (χ0n) is 15.3. The normalized spacial score (nSPS) is 27.3. The molecule has 3 heterocycles. The molecule has 0 spiro atoms. The molecule has 144 valence electrons. The van der Waals surface area contributed by atoms with Crippen molar-refractivity contribution in [2.75, 3.05) is 5.32 Å². The van der Waals surface area contributed by atoms with Gasteiger partial charge in [0.05, 0.1) is 17.4 Å². The first-order valence-corrected chi connectivity index (χ1v) is 9.24. The van der Waals surface area contributed by atoms with E-state index in [0.29, 0.717) is 18.1 Å². The van der Waals surface area contributed by atoms with Crippen LogP contribution in [0, 0.1) is 0 Å². The third-order valence-electron chi connectivity index (χ3n) is 5.44. The minimum absolute atomic E-state index is 0.0658. The van der Waals surface area contributed by atoms with Crippen LogP contribution in [0.25, 0.3) is 11.0 Å². The summed E-state index contributed by atoms with van der Waals surface area (Å²) in [6, 6.07) is 7.83. The molecule has 1 aliphatic carbocycles. The molecule has 2 aliphatic rings. The summed E-state index contributed by atoms with van der Waals surface area (Å²) in [5, 5.41) is 13.5. The summed E-state index contributed by atoms with van der Waals surface area (Å²) < 4.78 is 13.2. The lowest BCUT2D eigenvalue weighted by atomic mass is 9.93. The molecule has 4 atom stereocenters. The van der Waals surface area contributed by atoms with Gasteiger partial charge in [-0.3, -0.25) is 15.8 Å². The van der Waals surface area contributed by atoms with Crippen molar-refractivity contribution in [2.45, 2.75) is 37.1 Å². The van der Waals surface area contributed by atoms with Crippen LogP contribution < -0.4 is 16.4 Å². The molecule has 9 heteroatoms. The molecule has 0 amide bonds. The number of benzene rings is 1. The second-order valence-electron chi connectivity index (χ2n) is 7.40. The molecule has 1 aliphatic heterocycles. The van der Waals surface area contributed by atoms with Crippen LogP contribution in [-0.2, 0) is 0 Å². The predicted octanol–water partition coefficient (Wildman–Crippen LogP) is 2.45. The van der Waals surface area contributed by atoms with Gasteiger partial charge in [-0.25, -0.2) is 9.37 Å². The van der Waals surface area contributed by atoms with Gasteiger partial charge < -0.3 is 15.6 Å². The van der Waals surface area contributed by atoms with Crippen molar-refractivity contribution >= 4 is 23.1 Å². The first kappa shape index (κ1) is 16.9. The molecular formula is C19H21FN8. The quantitative estimate of drug-likeness (QED) is 0.466. The number of allylic oxidation sites excluding steroid dienone is 1. The summed E-state index contributed by atoms with van der Waals surface area (Å²) in [6.07, 6.45) is 4.93. The van der Waals surface area contributed by atoms with E-state index in [0.717, 1.165) is 22.3 Å². The predicted molar refractivity (Wildman–Crippen MR) is 106 cm³/mol. The molecular weight excluding hydrogens is 359 g/mol. The van der Waals surface area contributed by atoms with Crippen molar-refractivity contribution in [2.24, 2.45) is 10.7 Å². The molecule has 6 N–H and O–H groups in total. The average molecular weight is 380 g/mol. The molecule has 8 nitrogen and oxygen atoms in total. The highest BCUT2D eigenvalue weighted by atomic mass is 19.1. The van der Waals surface area contributed by atoms with E-state index in [-0.39, 0.29) is 11.8 Å². The maximum absolute atomic E-state index is 13.2. The van der Waals surface area contributed by atoms with E-state index in [1.165, 1.54) is 0 Å². The van der Waals surface area contributed by atoms with E-state index in [4.69, 9.17) is 5.73 Å². The average Bonchev–Trinajstić information content (AvgIpc) is 3.08. The lowest BCUT2D eigenvalue weighted by Crippen LogP contribution is -2.57. The Morgan fingerprint density at radius 2 is 2.21 bits per heavy atom. The van der Waals surface area contributed by atoms with Crippen LogP contribution in [0.2, 0.25) is 0 Å². The van der Waals surface area contributed by atoms with Crippen molar-refractivity contribution in [3.8, 4) is 0 Å². The Morgan fingerprint density at radius 1 is 1.36 bits per heavy atom. The van der Waals surface area contributed by atoms with Crippen LogP contribution in [0.4, 0.5) is 10.2 Å². The van der Waals surface area contributed by atoms with Crippen LogP contribution in [0.3, 0.4) is 0 Å². The molecule has 1 unspecified atom stereocenters. The van der Waals surface area contributed by atoms with Crippen molar-refractivity contribution in [1.29, 1.82) is 0 Å². The SMILES string of the molecule is C[C@@H](c1ccc2nc[nH]c2c1)C1(N)N=CC=C(Nc2cc([C@@H]3C[C@@H]3F)[nH]n2)N1. The Kier molecular flexibility index (Phi) is 3.73. The van der Waals surface area contributed by atoms with Crippen LogP contribution in [0.5, 0.6) is 0 Å². The maximum atomic E-state index is 13.2. The molecule has 28 heavy (non-hydrogen) atoms. The Bertz CT molecular complexity index is 1080. The van der Waals surface area contributed by atoms with Crippen molar-refractivity contribution in [3.63, 3.8) is 0 Å². The zero-order valence-corrected chi connectivity index (χ0v) is 15.3. The number of aliphatic imine (C=N–C) groups is 1. The van der Waals surface area contributed by atoms with Crippen molar-refractivity contribution < 1.29 is 4.39 Å². The molecule has 1 saturated carbocycles. The molecule has 5 rings (SSSR count). The zero-order chi connectivity index (χ0) is 19.3. The Balaban J connectivity index is 1.32. The summed E-state index contributed by atoms with van der Waals surface area (Å²) >= 11 is 0. The second kappa shape index (κ2) is 6.16. The fourth-order valence-electron chi connectivity index (χ4n) is 3.51. The van der Waals surface area contributed by atoms with E-state index >= 15 is 0 Å². The number of nitrogens with one attached hydrogen (secondary N) is 4. The number of hydrogen-bond donors (Lipinski definition) is 5. The summed E-state index contributed by atoms with van der Waals surface area (Å²) in [5.74, 6) is 0.0822. The topological polar surface area (TPSA) is 120 Å². The highest BCUT2D eigenvalue weighted by Gasteiger charge is 2.40. The number of fused-ring (bicyclic) bond motifs is 1. The van der Waals surface area contributed by atoms with Gasteiger partial charge in [-0.05, 0) is 30.2 Å². The number of H-pyrrole nitrogens is 2. The number of alkyl halides is 1. The molecule has 1 fully saturated rings. The van der Waals surface area contributed by atoms with Gasteiger partial charge in [0.25, 0.3) is 0 Å². The Labute approximate surface area is 160 Å². The Hall–Kier alpha value is -3.20. The number of halogens is 1. The van der Waals surface area contributed by atoms with Crippen LogP contribution in [0.15, 0.2) is 47.5 Å². The monoisotopic (exact) mass is 380 g/mol. The minimum Gasteiger partial charge on any atom is -0.345 e. The fourth-order valence-corrected chi connectivity index (χ4v) is 3.51. The number of nitrogens with two attached hydrogens (primary N) is 1. The van der Waals surface area contributed by atoms with Gasteiger partial charge in [-0.15, -0.1) is 0 Å². The summed E-state index contributed by atoms with van der Waals surface area (Å²) in [4.78, 5) is 11.8. The number of rotatable bonds is 5. The summed E-state index contributed by atoms with van der Waals surface area (Å²) in [7, 11) is 0. The molecule has 0 radical (unpaired) electrons. The third kappa shape index (κ3) is 2.93. The standard InChI is InChI=1S/C19H21FN8/c1-10(11-2-3-14-16(6-11)23-9-22-14)19(21)24-5-4-17(26-19)25-18-8-15(27-28-18)12-7-13(12)20/h2-6,8-10,12-13,26H,7,21H2,1H3,(H,22,23)(H2,25,27,28)/t10-,12+,13-,19?/m0/s1. The van der Waals surface area contributed by atoms with Gasteiger partial charge in [-0.2, -0.15) is 5.10 Å². The number of aromatic nitrogens is 4. The first-order chi connectivity index (χ1) is 13.5.